The van der Waals surface area contributed by atoms with Crippen molar-refractivity contribution in [3.63, 3.8) is 0 Å². The number of aromatic nitrogens is 2. The molecule has 0 unspecified atom stereocenters. The monoisotopic (exact) mass is 345 g/mol. The summed E-state index contributed by atoms with van der Waals surface area (Å²) < 4.78 is 41.3. The maximum atomic E-state index is 13.3. The summed E-state index contributed by atoms with van der Waals surface area (Å²) in [5, 5.41) is 6.68. The lowest BCUT2D eigenvalue weighted by Crippen LogP contribution is -2.14. The molecule has 0 bridgehead atoms. The van der Waals surface area contributed by atoms with Crippen molar-refractivity contribution in [1.29, 1.82) is 0 Å². The van der Waals surface area contributed by atoms with E-state index in [0.717, 1.165) is 12.1 Å². The molecule has 0 aliphatic carbocycles. The number of benzene rings is 2. The minimum atomic E-state index is -4.54. The number of carbonyl (C=O) groups is 1. The summed E-state index contributed by atoms with van der Waals surface area (Å²) >= 11 is 0. The average Bonchev–Trinajstić information content (AvgIpc) is 3.01. The molecule has 1 heterocycles. The van der Waals surface area contributed by atoms with E-state index in [9.17, 15) is 18.0 Å². The van der Waals surface area contributed by atoms with Crippen molar-refractivity contribution >= 4 is 11.6 Å². The lowest BCUT2D eigenvalue weighted by molar-refractivity contribution is -0.137. The standard InChI is InChI=1S/C18H14F3N3O/c1-24-10-9-16(23-24)14-11-12(7-8-15(14)18(19,20)21)17(25)22-13-5-3-2-4-6-13/h2-11H,1H3,(H,22,25). The number of amides is 1. The number of alkyl halides is 3. The second kappa shape index (κ2) is 6.43. The molecule has 0 spiro atoms. The smallest absolute Gasteiger partial charge is 0.322 e. The molecule has 3 aromatic rings. The highest BCUT2D eigenvalue weighted by Crippen LogP contribution is 2.37. The van der Waals surface area contributed by atoms with Crippen LogP contribution in [-0.2, 0) is 13.2 Å². The summed E-state index contributed by atoms with van der Waals surface area (Å²) in [5.41, 5.74) is -0.121. The topological polar surface area (TPSA) is 46.9 Å². The molecule has 0 aliphatic rings. The number of anilines is 1. The minimum Gasteiger partial charge on any atom is -0.322 e. The van der Waals surface area contributed by atoms with Crippen molar-refractivity contribution in [3.8, 4) is 11.3 Å². The van der Waals surface area contributed by atoms with Crippen LogP contribution in [0.1, 0.15) is 15.9 Å². The van der Waals surface area contributed by atoms with Gasteiger partial charge in [0.15, 0.2) is 0 Å². The van der Waals surface area contributed by atoms with Crippen LogP contribution in [0.2, 0.25) is 0 Å². The number of para-hydroxylation sites is 1. The largest absolute Gasteiger partial charge is 0.417 e. The maximum Gasteiger partial charge on any atom is 0.417 e. The van der Waals surface area contributed by atoms with Gasteiger partial charge in [0.25, 0.3) is 5.91 Å². The lowest BCUT2D eigenvalue weighted by Gasteiger charge is -2.13. The molecule has 1 aromatic heterocycles. The van der Waals surface area contributed by atoms with Crippen molar-refractivity contribution < 1.29 is 18.0 Å². The fraction of sp³-hybridized carbons (Fsp3) is 0.111. The van der Waals surface area contributed by atoms with Crippen LogP contribution in [0.25, 0.3) is 11.3 Å². The van der Waals surface area contributed by atoms with Gasteiger partial charge in [0, 0.05) is 30.1 Å². The van der Waals surface area contributed by atoms with Gasteiger partial charge in [0.05, 0.1) is 11.3 Å². The Labute approximate surface area is 141 Å². The molecule has 128 valence electrons. The van der Waals surface area contributed by atoms with E-state index in [1.54, 1.807) is 43.6 Å². The number of rotatable bonds is 3. The van der Waals surface area contributed by atoms with Crippen molar-refractivity contribution in [3.05, 3.63) is 71.9 Å². The van der Waals surface area contributed by atoms with E-state index in [1.807, 2.05) is 0 Å². The summed E-state index contributed by atoms with van der Waals surface area (Å²) in [6, 6.07) is 13.4. The van der Waals surface area contributed by atoms with Crippen LogP contribution in [0.4, 0.5) is 18.9 Å². The second-order valence-electron chi connectivity index (χ2n) is 5.45. The first-order valence-electron chi connectivity index (χ1n) is 7.42. The van der Waals surface area contributed by atoms with Crippen LogP contribution < -0.4 is 5.32 Å². The number of hydrogen-bond acceptors (Lipinski definition) is 2. The second-order valence-corrected chi connectivity index (χ2v) is 5.45. The Bertz CT molecular complexity index is 901. The van der Waals surface area contributed by atoms with Gasteiger partial charge in [-0.1, -0.05) is 18.2 Å². The zero-order valence-electron chi connectivity index (χ0n) is 13.2. The predicted molar refractivity (Wildman–Crippen MR) is 88.0 cm³/mol. The third-order valence-electron chi connectivity index (χ3n) is 3.61. The molecule has 25 heavy (non-hydrogen) atoms. The van der Waals surface area contributed by atoms with Crippen molar-refractivity contribution in [2.75, 3.05) is 5.32 Å². The molecule has 7 heteroatoms. The van der Waals surface area contributed by atoms with Crippen LogP contribution in [0.3, 0.4) is 0 Å². The van der Waals surface area contributed by atoms with Gasteiger partial charge in [-0.25, -0.2) is 0 Å². The Hall–Kier alpha value is -3.09. The Kier molecular flexibility index (Phi) is 4.31. The first kappa shape index (κ1) is 16.8. The van der Waals surface area contributed by atoms with E-state index in [0.29, 0.717) is 5.69 Å². The molecular formula is C18H14F3N3O. The lowest BCUT2D eigenvalue weighted by atomic mass is 10.0. The summed E-state index contributed by atoms with van der Waals surface area (Å²) in [4.78, 5) is 12.3. The Morgan fingerprint density at radius 2 is 1.80 bits per heavy atom. The van der Waals surface area contributed by atoms with Gasteiger partial charge < -0.3 is 5.32 Å². The minimum absolute atomic E-state index is 0.123. The molecule has 0 aliphatic heterocycles. The first-order valence-corrected chi connectivity index (χ1v) is 7.42. The maximum absolute atomic E-state index is 13.3. The number of nitrogens with one attached hydrogen (secondary N) is 1. The SMILES string of the molecule is Cn1ccc(-c2cc(C(=O)Nc3ccccc3)ccc2C(F)(F)F)n1. The van der Waals surface area contributed by atoms with Crippen molar-refractivity contribution in [2.45, 2.75) is 6.18 Å². The van der Waals surface area contributed by atoms with E-state index in [-0.39, 0.29) is 16.8 Å². The van der Waals surface area contributed by atoms with Crippen LogP contribution in [-0.4, -0.2) is 15.7 Å². The van der Waals surface area contributed by atoms with E-state index in [4.69, 9.17) is 0 Å². The Morgan fingerprint density at radius 3 is 2.40 bits per heavy atom. The highest BCUT2D eigenvalue weighted by Gasteiger charge is 2.34. The van der Waals surface area contributed by atoms with Crippen LogP contribution in [0, 0.1) is 0 Å². The highest BCUT2D eigenvalue weighted by atomic mass is 19.4. The number of hydrogen-bond donors (Lipinski definition) is 1. The molecular weight excluding hydrogens is 331 g/mol. The number of nitrogens with zero attached hydrogens (tertiary/aromatic N) is 2. The quantitative estimate of drug-likeness (QED) is 0.767. The third kappa shape index (κ3) is 3.71. The normalized spacial score (nSPS) is 11.4. The number of halogens is 3. The molecule has 0 atom stereocenters. The fourth-order valence-corrected chi connectivity index (χ4v) is 2.43. The van der Waals surface area contributed by atoms with Gasteiger partial charge in [-0.2, -0.15) is 18.3 Å². The molecule has 1 N–H and O–H groups in total. The highest BCUT2D eigenvalue weighted by molar-refractivity contribution is 6.05. The zero-order chi connectivity index (χ0) is 18.0. The average molecular weight is 345 g/mol. The van der Waals surface area contributed by atoms with Gasteiger partial charge in [0.1, 0.15) is 0 Å². The van der Waals surface area contributed by atoms with E-state index >= 15 is 0 Å². The summed E-state index contributed by atoms with van der Waals surface area (Å²) in [5.74, 6) is -0.489. The summed E-state index contributed by atoms with van der Waals surface area (Å²) in [7, 11) is 1.61. The Balaban J connectivity index is 2.00. The van der Waals surface area contributed by atoms with Crippen LogP contribution in [0.15, 0.2) is 60.8 Å². The number of aryl methyl sites for hydroxylation is 1. The number of carbonyl (C=O) groups excluding carboxylic acids is 1. The van der Waals surface area contributed by atoms with Crippen LogP contribution in [0.5, 0.6) is 0 Å². The molecule has 0 saturated heterocycles. The fourth-order valence-electron chi connectivity index (χ4n) is 2.43. The van der Waals surface area contributed by atoms with E-state index in [2.05, 4.69) is 10.4 Å². The van der Waals surface area contributed by atoms with Gasteiger partial charge in [0.2, 0.25) is 0 Å². The molecule has 0 radical (unpaired) electrons. The van der Waals surface area contributed by atoms with Gasteiger partial charge >= 0.3 is 6.18 Å². The van der Waals surface area contributed by atoms with E-state index < -0.39 is 17.6 Å². The van der Waals surface area contributed by atoms with E-state index in [1.165, 1.54) is 16.8 Å². The predicted octanol–water partition coefficient (Wildman–Crippen LogP) is 4.36. The van der Waals surface area contributed by atoms with Gasteiger partial charge in [-0.15, -0.1) is 0 Å². The summed E-state index contributed by atoms with van der Waals surface area (Å²) in [6.07, 6.45) is -2.99. The van der Waals surface area contributed by atoms with Crippen molar-refractivity contribution in [1.82, 2.24) is 9.78 Å². The molecule has 4 nitrogen and oxygen atoms in total. The third-order valence-corrected chi connectivity index (χ3v) is 3.61. The molecule has 1 amide bonds. The Morgan fingerprint density at radius 1 is 1.08 bits per heavy atom. The molecule has 3 rings (SSSR count). The molecule has 2 aromatic carbocycles. The van der Waals surface area contributed by atoms with Gasteiger partial charge in [-0.05, 0) is 36.4 Å². The van der Waals surface area contributed by atoms with Crippen LogP contribution >= 0.6 is 0 Å². The summed E-state index contributed by atoms with van der Waals surface area (Å²) in [6.45, 7) is 0. The molecule has 0 fully saturated rings. The van der Waals surface area contributed by atoms with Crippen molar-refractivity contribution in [2.24, 2.45) is 7.05 Å². The van der Waals surface area contributed by atoms with Gasteiger partial charge in [-0.3, -0.25) is 9.48 Å². The first-order chi connectivity index (χ1) is 11.8. The zero-order valence-corrected chi connectivity index (χ0v) is 13.2. The molecule has 0 saturated carbocycles.